The van der Waals surface area contributed by atoms with E-state index in [4.69, 9.17) is 26.5 Å². The summed E-state index contributed by atoms with van der Waals surface area (Å²) in [7, 11) is 9.87. The molecule has 53 heavy (non-hydrogen) atoms. The van der Waals surface area contributed by atoms with Gasteiger partial charge in [-0.3, -0.25) is 0 Å². The van der Waals surface area contributed by atoms with E-state index in [1.807, 2.05) is 72.8 Å². The van der Waals surface area contributed by atoms with Crippen molar-refractivity contribution in [2.24, 2.45) is 0 Å². The molecule has 0 atom stereocenters. The van der Waals surface area contributed by atoms with Crippen LogP contribution in [0.25, 0.3) is 44.5 Å². The van der Waals surface area contributed by atoms with Crippen LogP contribution in [0.2, 0.25) is 0 Å². The molecule has 272 valence electrons. The number of ether oxygens (including phenoxy) is 2. The van der Waals surface area contributed by atoms with Crippen LogP contribution in [0.3, 0.4) is 0 Å². The molecular weight excluding hydrogens is 779 g/mol. The Hall–Kier alpha value is -4.02. The first-order valence-electron chi connectivity index (χ1n) is 17.7. The van der Waals surface area contributed by atoms with Crippen LogP contribution in [0.1, 0.15) is 46.2 Å². The van der Waals surface area contributed by atoms with Crippen molar-refractivity contribution in [1.82, 2.24) is 0 Å². The summed E-state index contributed by atoms with van der Waals surface area (Å²) in [5.74, 6) is 1.98. The Morgan fingerprint density at radius 3 is 1.09 bits per heavy atom. The van der Waals surface area contributed by atoms with Crippen molar-refractivity contribution in [2.45, 2.75) is 54.4 Å². The zero-order valence-electron chi connectivity index (χ0n) is 31.2. The van der Waals surface area contributed by atoms with Gasteiger partial charge in [-0.15, -0.1) is 0 Å². The van der Waals surface area contributed by atoms with E-state index >= 15 is 0 Å². The molecule has 4 nitrogen and oxygen atoms in total. The predicted molar refractivity (Wildman–Crippen MR) is 218 cm³/mol. The van der Waals surface area contributed by atoms with E-state index in [1.165, 1.54) is 0 Å². The number of aromatic hydroxyl groups is 2. The quantitative estimate of drug-likeness (QED) is 0.128. The molecule has 7 heteroatoms. The van der Waals surface area contributed by atoms with Crippen LogP contribution >= 0.6 is 17.0 Å². The minimum absolute atomic E-state index is 0.254. The van der Waals surface area contributed by atoms with Gasteiger partial charge in [0, 0.05) is 33.4 Å². The molecule has 0 aliphatic carbocycles. The first-order chi connectivity index (χ1) is 25.5. The molecule has 0 radical (unpaired) electrons. The molecule has 6 rings (SSSR count). The molecule has 0 spiro atoms. The number of hydrogen-bond donors (Lipinski definition) is 2. The Balaban J connectivity index is 0.00000175. The van der Waals surface area contributed by atoms with E-state index < -0.39 is 20.8 Å². The van der Waals surface area contributed by atoms with E-state index in [2.05, 4.69) is 77.9 Å². The summed E-state index contributed by atoms with van der Waals surface area (Å²) in [5, 5.41) is 23.0. The molecule has 0 heterocycles. The predicted octanol–water partition coefficient (Wildman–Crippen LogP) is 13.2. The van der Waals surface area contributed by atoms with Gasteiger partial charge >= 0.3 is 37.9 Å². The summed E-state index contributed by atoms with van der Waals surface area (Å²) in [6.07, 6.45) is 1.58. The Morgan fingerprint density at radius 2 is 0.736 bits per heavy atom. The molecule has 0 aliphatic rings. The van der Waals surface area contributed by atoms with E-state index in [-0.39, 0.29) is 11.5 Å². The molecule has 0 bridgehead atoms. The summed E-state index contributed by atoms with van der Waals surface area (Å²) in [6, 6.07) is 36.6. The molecule has 0 aliphatic heterocycles. The van der Waals surface area contributed by atoms with E-state index in [0.29, 0.717) is 13.2 Å². The number of halogens is 2. The van der Waals surface area contributed by atoms with Gasteiger partial charge in [-0.1, -0.05) is 95.1 Å². The van der Waals surface area contributed by atoms with Crippen LogP contribution in [0.4, 0.5) is 0 Å². The van der Waals surface area contributed by atoms with Crippen molar-refractivity contribution in [3.8, 4) is 67.5 Å². The second-order valence-electron chi connectivity index (χ2n) is 13.6. The Bertz CT molecular complexity index is 2000. The molecule has 0 saturated heterocycles. The van der Waals surface area contributed by atoms with Crippen molar-refractivity contribution < 1.29 is 40.5 Å². The third-order valence-electron chi connectivity index (χ3n) is 8.98. The van der Waals surface area contributed by atoms with Crippen LogP contribution in [0.5, 0.6) is 23.0 Å². The maximum atomic E-state index is 11.5. The fraction of sp³-hybridized carbons (Fsp3) is 0.217. The summed E-state index contributed by atoms with van der Waals surface area (Å²) >= 11 is -0.826. The van der Waals surface area contributed by atoms with Crippen molar-refractivity contribution in [2.75, 3.05) is 13.2 Å². The van der Waals surface area contributed by atoms with Gasteiger partial charge < -0.3 is 19.7 Å². The number of hydrogen-bond acceptors (Lipinski definition) is 4. The fourth-order valence-electron chi connectivity index (χ4n) is 6.87. The maximum absolute atomic E-state index is 11.5. The molecule has 0 aromatic heterocycles. The summed E-state index contributed by atoms with van der Waals surface area (Å²) in [6.45, 7) is 13.4. The van der Waals surface area contributed by atoms with Crippen LogP contribution in [-0.4, -0.2) is 23.4 Å². The number of phenolic OH excluding ortho intramolecular Hbond substituents is 2. The molecule has 0 fully saturated rings. The number of phenols is 2. The third-order valence-corrected chi connectivity index (χ3v) is 8.98. The van der Waals surface area contributed by atoms with Crippen LogP contribution in [0.15, 0.2) is 109 Å². The van der Waals surface area contributed by atoms with E-state index in [9.17, 15) is 10.2 Å². The van der Waals surface area contributed by atoms with Crippen molar-refractivity contribution in [1.29, 1.82) is 0 Å². The molecule has 0 amide bonds. The average molecular weight is 825 g/mol. The standard InChI is InChI=1S/C46H46O4.2ClH.Zr/c1-29-19-30(2)22-35(21-29)39-25-33(5)27-41(45(39)47)37-13-7-9-15-43(37)49-17-11-12-18-50-44-16-10-8-14-38(44)42-28-34(6)26-40(46(42)48)36-23-31(3)20-32(4)24-36;;;/h7-10,13-16,19-28,47-48H,11-12,17-18H2,1-6H3;2*1H;/q;;;+2/p-2. The second-order valence-corrected chi connectivity index (χ2v) is 17.4. The Kier molecular flexibility index (Phi) is 14.3. The van der Waals surface area contributed by atoms with Crippen LogP contribution in [-0.2, 0) is 20.8 Å². The zero-order chi connectivity index (χ0) is 38.1. The molecule has 2 N–H and O–H groups in total. The second kappa shape index (κ2) is 18.8. The van der Waals surface area contributed by atoms with E-state index in [1.54, 1.807) is 0 Å². The van der Waals surface area contributed by atoms with Gasteiger partial charge in [0.25, 0.3) is 0 Å². The van der Waals surface area contributed by atoms with Crippen molar-refractivity contribution in [3.05, 3.63) is 143 Å². The topological polar surface area (TPSA) is 58.9 Å². The summed E-state index contributed by atoms with van der Waals surface area (Å²) in [5.41, 5.74) is 13.7. The van der Waals surface area contributed by atoms with Gasteiger partial charge in [0.1, 0.15) is 23.0 Å². The Labute approximate surface area is 333 Å². The van der Waals surface area contributed by atoms with Crippen molar-refractivity contribution in [3.63, 3.8) is 0 Å². The zero-order valence-corrected chi connectivity index (χ0v) is 35.2. The molecule has 0 unspecified atom stereocenters. The molecule has 6 aromatic carbocycles. The summed E-state index contributed by atoms with van der Waals surface area (Å²) in [4.78, 5) is 0. The van der Waals surface area contributed by atoms with Gasteiger partial charge in [-0.05, 0) is 113 Å². The minimum atomic E-state index is -0.826. The molecule has 6 aromatic rings. The van der Waals surface area contributed by atoms with E-state index in [0.717, 1.165) is 102 Å². The van der Waals surface area contributed by atoms with Crippen LogP contribution < -0.4 is 9.47 Å². The third kappa shape index (κ3) is 10.4. The summed E-state index contributed by atoms with van der Waals surface area (Å²) < 4.78 is 12.6. The van der Waals surface area contributed by atoms with Gasteiger partial charge in [-0.25, -0.2) is 0 Å². The first kappa shape index (κ1) is 40.2. The Morgan fingerprint density at radius 1 is 0.434 bits per heavy atom. The monoisotopic (exact) mass is 822 g/mol. The number of para-hydroxylation sites is 2. The molecular formula is C46H46Cl2O4Zr. The number of benzene rings is 6. The number of rotatable bonds is 11. The van der Waals surface area contributed by atoms with Gasteiger partial charge in [0.05, 0.1) is 13.2 Å². The SMILES string of the molecule is Cc1cc(C)cc(-c2cc(C)cc(-c3ccccc3OCCCCOc3ccccc3-c3cc(C)cc(-c4cc(C)cc(C)c4)c3O)c2O)c1.[Cl][Zr][Cl]. The van der Waals surface area contributed by atoms with Crippen LogP contribution in [0, 0.1) is 41.5 Å². The van der Waals surface area contributed by atoms with Gasteiger partial charge in [0.15, 0.2) is 0 Å². The average Bonchev–Trinajstić information content (AvgIpc) is 3.11. The first-order valence-corrected chi connectivity index (χ1v) is 24.1. The fourth-order valence-corrected chi connectivity index (χ4v) is 6.87. The number of unbranched alkanes of at least 4 members (excludes halogenated alkanes) is 1. The number of aryl methyl sites for hydroxylation is 6. The van der Waals surface area contributed by atoms with Crippen molar-refractivity contribution >= 4 is 17.0 Å². The van der Waals surface area contributed by atoms with Gasteiger partial charge in [0.2, 0.25) is 0 Å². The molecule has 0 saturated carbocycles. The van der Waals surface area contributed by atoms with Gasteiger partial charge in [-0.2, -0.15) is 0 Å². The normalized spacial score (nSPS) is 10.7.